The maximum Gasteiger partial charge on any atom is 0.407 e. The van der Waals surface area contributed by atoms with Crippen LogP contribution in [0.5, 0.6) is 5.75 Å². The monoisotopic (exact) mass is 418 g/mol. The number of hydrogen-bond acceptors (Lipinski definition) is 5. The fraction of sp³-hybridized carbons (Fsp3) is 0.500. The van der Waals surface area contributed by atoms with Gasteiger partial charge in [0.15, 0.2) is 6.61 Å². The molecule has 2 saturated heterocycles. The van der Waals surface area contributed by atoms with Crippen molar-refractivity contribution in [1.82, 2.24) is 15.5 Å². The highest BCUT2D eigenvalue weighted by Crippen LogP contribution is 2.23. The second-order valence-electron chi connectivity index (χ2n) is 7.39. The minimum absolute atomic E-state index is 0.147. The number of urea groups is 1. The molecule has 0 aromatic heterocycles. The molecule has 10 heteroatoms. The van der Waals surface area contributed by atoms with Gasteiger partial charge in [0.2, 0.25) is 5.91 Å². The molecular weight excluding hydrogens is 392 g/mol. The van der Waals surface area contributed by atoms with Crippen molar-refractivity contribution in [2.75, 3.05) is 37.7 Å². The van der Waals surface area contributed by atoms with Crippen LogP contribution in [0.2, 0.25) is 0 Å². The van der Waals surface area contributed by atoms with Crippen LogP contribution in [-0.4, -0.2) is 66.7 Å². The van der Waals surface area contributed by atoms with Crippen LogP contribution in [0.3, 0.4) is 0 Å². The van der Waals surface area contributed by atoms with Crippen LogP contribution in [-0.2, 0) is 9.59 Å². The summed E-state index contributed by atoms with van der Waals surface area (Å²) in [5.41, 5.74) is 0.589. The fourth-order valence-corrected chi connectivity index (χ4v) is 3.58. The van der Waals surface area contributed by atoms with Gasteiger partial charge in [-0.3, -0.25) is 19.8 Å². The Morgan fingerprint density at radius 2 is 1.97 bits per heavy atom. The maximum absolute atomic E-state index is 12.0. The van der Waals surface area contributed by atoms with Gasteiger partial charge in [0.25, 0.3) is 5.91 Å². The van der Waals surface area contributed by atoms with E-state index in [1.165, 1.54) is 9.80 Å². The highest BCUT2D eigenvalue weighted by molar-refractivity contribution is 6.05. The molecule has 0 aliphatic carbocycles. The Labute approximate surface area is 174 Å². The van der Waals surface area contributed by atoms with Gasteiger partial charge >= 0.3 is 12.1 Å². The van der Waals surface area contributed by atoms with E-state index in [0.717, 1.165) is 19.3 Å². The molecule has 0 unspecified atom stereocenters. The number of carbonyl (C=O) groups excluding carboxylic acids is 3. The van der Waals surface area contributed by atoms with Crippen LogP contribution in [0.25, 0.3) is 0 Å². The lowest BCUT2D eigenvalue weighted by molar-refractivity contribution is -0.123. The van der Waals surface area contributed by atoms with E-state index in [1.807, 2.05) is 0 Å². The van der Waals surface area contributed by atoms with Crippen molar-refractivity contribution in [3.8, 4) is 5.75 Å². The molecule has 2 heterocycles. The van der Waals surface area contributed by atoms with Gasteiger partial charge in [0.05, 0.1) is 0 Å². The molecule has 2 aliphatic rings. The number of hydrogen-bond donors (Lipinski definition) is 3. The van der Waals surface area contributed by atoms with Crippen LogP contribution in [0, 0.1) is 5.92 Å². The van der Waals surface area contributed by atoms with E-state index < -0.39 is 12.1 Å². The van der Waals surface area contributed by atoms with Crippen molar-refractivity contribution in [3.05, 3.63) is 24.3 Å². The van der Waals surface area contributed by atoms with Crippen molar-refractivity contribution in [2.24, 2.45) is 5.92 Å². The van der Waals surface area contributed by atoms with Crippen molar-refractivity contribution < 1.29 is 29.0 Å². The molecule has 162 valence electrons. The van der Waals surface area contributed by atoms with E-state index in [9.17, 15) is 19.2 Å². The molecule has 2 aliphatic heterocycles. The summed E-state index contributed by atoms with van der Waals surface area (Å²) in [5.74, 6) is 0.312. The predicted molar refractivity (Wildman–Crippen MR) is 107 cm³/mol. The van der Waals surface area contributed by atoms with Crippen LogP contribution in [0.15, 0.2) is 24.3 Å². The van der Waals surface area contributed by atoms with E-state index in [2.05, 4.69) is 10.6 Å². The largest absolute Gasteiger partial charge is 0.484 e. The van der Waals surface area contributed by atoms with Gasteiger partial charge in [-0.1, -0.05) is 6.07 Å². The third-order valence-corrected chi connectivity index (χ3v) is 5.31. The molecule has 3 N–H and O–H groups in total. The number of nitrogens with one attached hydrogen (secondary N) is 2. The van der Waals surface area contributed by atoms with Crippen molar-refractivity contribution >= 4 is 29.6 Å². The quantitative estimate of drug-likeness (QED) is 0.614. The molecule has 30 heavy (non-hydrogen) atoms. The molecule has 0 bridgehead atoms. The highest BCUT2D eigenvalue weighted by Gasteiger charge is 2.24. The molecule has 2 fully saturated rings. The first-order valence-corrected chi connectivity index (χ1v) is 10.0. The number of anilines is 1. The average molecular weight is 418 g/mol. The summed E-state index contributed by atoms with van der Waals surface area (Å²) < 4.78 is 5.53. The summed E-state index contributed by atoms with van der Waals surface area (Å²) in [4.78, 5) is 49.0. The molecule has 5 amide bonds. The Balaban J connectivity index is 1.38. The van der Waals surface area contributed by atoms with E-state index in [1.54, 1.807) is 24.3 Å². The Bertz CT molecular complexity index is 806. The van der Waals surface area contributed by atoms with Gasteiger partial charge in [-0.15, -0.1) is 0 Å². The van der Waals surface area contributed by atoms with Crippen LogP contribution < -0.4 is 20.3 Å². The third kappa shape index (κ3) is 5.85. The number of amides is 5. The Morgan fingerprint density at radius 1 is 1.20 bits per heavy atom. The first-order chi connectivity index (χ1) is 14.4. The normalized spacial score (nSPS) is 17.5. The molecule has 1 aromatic carbocycles. The maximum atomic E-state index is 12.0. The second kappa shape index (κ2) is 9.95. The molecule has 1 aromatic rings. The summed E-state index contributed by atoms with van der Waals surface area (Å²) in [6.07, 6.45) is 1.77. The number of carboxylic acid groups (broad SMARTS) is 1. The van der Waals surface area contributed by atoms with Gasteiger partial charge in [0, 0.05) is 44.4 Å². The van der Waals surface area contributed by atoms with Crippen LogP contribution >= 0.6 is 0 Å². The lowest BCUT2D eigenvalue weighted by Gasteiger charge is -2.29. The zero-order chi connectivity index (χ0) is 21.5. The fourth-order valence-electron chi connectivity index (χ4n) is 3.58. The van der Waals surface area contributed by atoms with Crippen LogP contribution in [0.1, 0.15) is 25.7 Å². The molecule has 0 radical (unpaired) electrons. The minimum atomic E-state index is -0.877. The minimum Gasteiger partial charge on any atom is -0.484 e. The number of ether oxygens (including phenoxy) is 1. The molecule has 0 saturated carbocycles. The second-order valence-corrected chi connectivity index (χ2v) is 7.39. The lowest BCUT2D eigenvalue weighted by Crippen LogP contribution is -2.49. The summed E-state index contributed by atoms with van der Waals surface area (Å²) in [6.45, 7) is 1.74. The van der Waals surface area contributed by atoms with Gasteiger partial charge < -0.3 is 20.1 Å². The van der Waals surface area contributed by atoms with Crippen LogP contribution in [0.4, 0.5) is 15.3 Å². The summed E-state index contributed by atoms with van der Waals surface area (Å²) in [5, 5.41) is 14.0. The number of piperidine rings is 1. The van der Waals surface area contributed by atoms with Gasteiger partial charge in [-0.05, 0) is 37.3 Å². The van der Waals surface area contributed by atoms with Gasteiger partial charge in [0.1, 0.15) is 5.75 Å². The molecule has 10 nitrogen and oxygen atoms in total. The molecule has 0 atom stereocenters. The summed E-state index contributed by atoms with van der Waals surface area (Å²) >= 11 is 0. The first kappa shape index (κ1) is 21.4. The SMILES string of the molecule is O=C(COc1cccc(N2CCC(=O)NC2=O)c1)NCCC1CCN(C(=O)O)CC1. The van der Waals surface area contributed by atoms with Gasteiger partial charge in [-0.25, -0.2) is 9.59 Å². The molecule has 0 spiro atoms. The summed E-state index contributed by atoms with van der Waals surface area (Å²) in [6, 6.07) is 6.32. The Morgan fingerprint density at radius 3 is 2.67 bits per heavy atom. The average Bonchev–Trinajstić information content (AvgIpc) is 2.73. The number of imide groups is 1. The number of carbonyl (C=O) groups is 4. The summed E-state index contributed by atoms with van der Waals surface area (Å²) in [7, 11) is 0. The predicted octanol–water partition coefficient (Wildman–Crippen LogP) is 1.41. The number of rotatable bonds is 7. The first-order valence-electron chi connectivity index (χ1n) is 10.0. The van der Waals surface area contributed by atoms with Gasteiger partial charge in [-0.2, -0.15) is 0 Å². The van der Waals surface area contributed by atoms with E-state index in [4.69, 9.17) is 9.84 Å². The number of likely N-dealkylation sites (tertiary alicyclic amines) is 1. The third-order valence-electron chi connectivity index (χ3n) is 5.31. The van der Waals surface area contributed by atoms with Crippen molar-refractivity contribution in [1.29, 1.82) is 0 Å². The smallest absolute Gasteiger partial charge is 0.407 e. The van der Waals surface area contributed by atoms with Crippen molar-refractivity contribution in [2.45, 2.75) is 25.7 Å². The Hall–Kier alpha value is -3.30. The Kier molecular flexibility index (Phi) is 7.10. The lowest BCUT2D eigenvalue weighted by atomic mass is 9.94. The topological polar surface area (TPSA) is 128 Å². The zero-order valence-corrected chi connectivity index (χ0v) is 16.6. The van der Waals surface area contributed by atoms with E-state index in [-0.39, 0.29) is 24.8 Å². The molecule has 3 rings (SSSR count). The van der Waals surface area contributed by atoms with E-state index in [0.29, 0.717) is 43.5 Å². The standard InChI is InChI=1S/C20H26N4O6/c25-17-7-11-24(19(27)22-17)15-2-1-3-16(12-15)30-13-18(26)21-8-4-14-5-9-23(10-6-14)20(28)29/h1-3,12,14H,4-11,13H2,(H,21,26)(H,28,29)(H,22,25,27). The number of benzene rings is 1. The molecular formula is C20H26N4O6. The zero-order valence-electron chi connectivity index (χ0n) is 16.6. The number of nitrogens with zero attached hydrogens (tertiary/aromatic N) is 2. The van der Waals surface area contributed by atoms with E-state index >= 15 is 0 Å². The highest BCUT2D eigenvalue weighted by atomic mass is 16.5. The van der Waals surface area contributed by atoms with Crippen molar-refractivity contribution in [3.63, 3.8) is 0 Å².